The molecule has 8 heteroatoms. The topological polar surface area (TPSA) is 93.7 Å². The van der Waals surface area contributed by atoms with Crippen LogP contribution < -0.4 is 20.1 Å². The summed E-state index contributed by atoms with van der Waals surface area (Å²) >= 11 is 0. The molecule has 7 nitrogen and oxygen atoms in total. The molecule has 2 N–H and O–H groups in total. The Morgan fingerprint density at radius 2 is 1.72 bits per heavy atom. The molecule has 0 spiro atoms. The van der Waals surface area contributed by atoms with Crippen molar-refractivity contribution in [1.29, 1.82) is 0 Å². The third-order valence-electron chi connectivity index (χ3n) is 4.98. The fourth-order valence-corrected chi connectivity index (χ4v) is 5.16. The van der Waals surface area contributed by atoms with E-state index in [0.29, 0.717) is 5.75 Å². The zero-order valence-electron chi connectivity index (χ0n) is 16.6. The van der Waals surface area contributed by atoms with E-state index in [1.54, 1.807) is 30.3 Å². The van der Waals surface area contributed by atoms with Gasteiger partial charge in [-0.15, -0.1) is 0 Å². The Labute approximate surface area is 171 Å². The van der Waals surface area contributed by atoms with Crippen LogP contribution in [0.5, 0.6) is 11.5 Å². The van der Waals surface area contributed by atoms with E-state index in [4.69, 9.17) is 9.47 Å². The van der Waals surface area contributed by atoms with Gasteiger partial charge in [-0.2, -0.15) is 0 Å². The fourth-order valence-electron chi connectivity index (χ4n) is 3.55. The highest BCUT2D eigenvalue weighted by atomic mass is 32.2. The average Bonchev–Trinajstić information content (AvgIpc) is 3.24. The van der Waals surface area contributed by atoms with Crippen molar-refractivity contribution >= 4 is 21.4 Å². The Hall–Kier alpha value is -2.74. The van der Waals surface area contributed by atoms with Gasteiger partial charge in [0.1, 0.15) is 4.90 Å². The van der Waals surface area contributed by atoms with E-state index in [0.717, 1.165) is 25.7 Å². The largest absolute Gasteiger partial charge is 0.493 e. The molecule has 0 radical (unpaired) electrons. The quantitative estimate of drug-likeness (QED) is 0.685. The second-order valence-electron chi connectivity index (χ2n) is 6.90. The molecule has 156 valence electrons. The van der Waals surface area contributed by atoms with Crippen LogP contribution in [-0.2, 0) is 14.6 Å². The Morgan fingerprint density at radius 3 is 2.34 bits per heavy atom. The summed E-state index contributed by atoms with van der Waals surface area (Å²) in [5.41, 5.74) is 0.285. The molecule has 1 saturated carbocycles. The van der Waals surface area contributed by atoms with Gasteiger partial charge in [-0.1, -0.05) is 31.0 Å². The SMILES string of the molecule is COc1ccc(NCC(=O)NC2CCCC2)c(S(=O)(=O)c2ccccc2)c1OC. The van der Waals surface area contributed by atoms with E-state index in [9.17, 15) is 13.2 Å². The Balaban J connectivity index is 1.93. The molecule has 29 heavy (non-hydrogen) atoms. The minimum Gasteiger partial charge on any atom is -0.493 e. The lowest BCUT2D eigenvalue weighted by molar-refractivity contribution is -0.120. The van der Waals surface area contributed by atoms with Crippen molar-refractivity contribution in [3.63, 3.8) is 0 Å². The van der Waals surface area contributed by atoms with Gasteiger partial charge in [0.05, 0.1) is 31.3 Å². The summed E-state index contributed by atoms with van der Waals surface area (Å²) in [6, 6.07) is 11.5. The standard InChI is InChI=1S/C21H26N2O5S/c1-27-18-13-12-17(22-14-19(24)23-15-8-6-7-9-15)21(20(18)28-2)29(25,26)16-10-4-3-5-11-16/h3-5,10-13,15,22H,6-9,14H2,1-2H3,(H,23,24). The van der Waals surface area contributed by atoms with E-state index < -0.39 is 9.84 Å². The second kappa shape index (κ2) is 9.17. The van der Waals surface area contributed by atoms with Crippen molar-refractivity contribution in [1.82, 2.24) is 5.32 Å². The third kappa shape index (κ3) is 4.64. The van der Waals surface area contributed by atoms with Gasteiger partial charge < -0.3 is 20.1 Å². The number of hydrogen-bond donors (Lipinski definition) is 2. The van der Waals surface area contributed by atoms with E-state index >= 15 is 0 Å². The highest BCUT2D eigenvalue weighted by Gasteiger charge is 2.29. The first-order valence-corrected chi connectivity index (χ1v) is 11.0. The van der Waals surface area contributed by atoms with E-state index in [-0.39, 0.29) is 39.7 Å². The molecule has 0 heterocycles. The first-order valence-electron chi connectivity index (χ1n) is 9.55. The summed E-state index contributed by atoms with van der Waals surface area (Å²) in [7, 11) is -1.08. The molecule has 0 aliphatic heterocycles. The highest BCUT2D eigenvalue weighted by molar-refractivity contribution is 7.91. The van der Waals surface area contributed by atoms with Crippen molar-refractivity contribution in [3.05, 3.63) is 42.5 Å². The average molecular weight is 419 g/mol. The minimum atomic E-state index is -3.91. The molecule has 0 saturated heterocycles. The van der Waals surface area contributed by atoms with Gasteiger partial charge >= 0.3 is 0 Å². The number of methoxy groups -OCH3 is 2. The lowest BCUT2D eigenvalue weighted by Gasteiger charge is -2.19. The van der Waals surface area contributed by atoms with Gasteiger partial charge in [-0.3, -0.25) is 4.79 Å². The van der Waals surface area contributed by atoms with Crippen LogP contribution >= 0.6 is 0 Å². The normalized spacial score (nSPS) is 14.4. The minimum absolute atomic E-state index is 0.0384. The molecule has 1 aliphatic rings. The fraction of sp³-hybridized carbons (Fsp3) is 0.381. The Kier molecular flexibility index (Phi) is 6.64. The number of sulfone groups is 1. The molecule has 1 fully saturated rings. The van der Waals surface area contributed by atoms with E-state index in [1.807, 2.05) is 0 Å². The summed E-state index contributed by atoms with van der Waals surface area (Å²) in [4.78, 5) is 12.4. The molecular weight excluding hydrogens is 392 g/mol. The molecule has 0 unspecified atom stereocenters. The van der Waals surface area contributed by atoms with Crippen LogP contribution in [0.1, 0.15) is 25.7 Å². The number of carbonyl (C=O) groups is 1. The zero-order valence-corrected chi connectivity index (χ0v) is 17.4. The molecule has 2 aromatic rings. The van der Waals surface area contributed by atoms with E-state index in [2.05, 4.69) is 10.6 Å². The number of amides is 1. The predicted molar refractivity (Wildman–Crippen MR) is 110 cm³/mol. The number of ether oxygens (including phenoxy) is 2. The molecule has 1 amide bonds. The highest BCUT2D eigenvalue weighted by Crippen LogP contribution is 2.42. The number of hydrogen-bond acceptors (Lipinski definition) is 6. The maximum atomic E-state index is 13.3. The smallest absolute Gasteiger partial charge is 0.239 e. The monoisotopic (exact) mass is 418 g/mol. The molecule has 0 atom stereocenters. The zero-order chi connectivity index (χ0) is 20.9. The van der Waals surface area contributed by atoms with Crippen molar-refractivity contribution in [2.24, 2.45) is 0 Å². The van der Waals surface area contributed by atoms with Crippen LogP contribution in [0.3, 0.4) is 0 Å². The van der Waals surface area contributed by atoms with Crippen LogP contribution in [-0.4, -0.2) is 41.1 Å². The second-order valence-corrected chi connectivity index (χ2v) is 8.78. The maximum absolute atomic E-state index is 13.3. The van der Waals surface area contributed by atoms with Crippen molar-refractivity contribution in [2.75, 3.05) is 26.1 Å². The molecule has 0 bridgehead atoms. The lowest BCUT2D eigenvalue weighted by atomic mass is 10.2. The van der Waals surface area contributed by atoms with Gasteiger partial charge in [0.25, 0.3) is 0 Å². The number of benzene rings is 2. The predicted octanol–water partition coefficient (Wildman–Crippen LogP) is 3.01. The van der Waals surface area contributed by atoms with Crippen LogP contribution in [0.4, 0.5) is 5.69 Å². The molecule has 2 aromatic carbocycles. The molecule has 3 rings (SSSR count). The number of rotatable bonds is 8. The van der Waals surface area contributed by atoms with Gasteiger partial charge in [-0.25, -0.2) is 8.42 Å². The first-order chi connectivity index (χ1) is 14.0. The number of nitrogens with one attached hydrogen (secondary N) is 2. The van der Waals surface area contributed by atoms with Gasteiger partial charge in [0, 0.05) is 6.04 Å². The summed E-state index contributed by atoms with van der Waals surface area (Å²) in [6.45, 7) is -0.0384. The lowest BCUT2D eigenvalue weighted by Crippen LogP contribution is -2.36. The number of carbonyl (C=O) groups excluding carboxylic acids is 1. The molecular formula is C21H26N2O5S. The van der Waals surface area contributed by atoms with Crippen LogP contribution in [0.15, 0.2) is 52.3 Å². The van der Waals surface area contributed by atoms with Crippen LogP contribution in [0, 0.1) is 0 Å². The van der Waals surface area contributed by atoms with Crippen LogP contribution in [0.25, 0.3) is 0 Å². The van der Waals surface area contributed by atoms with Gasteiger partial charge in [0.15, 0.2) is 11.5 Å². The van der Waals surface area contributed by atoms with Gasteiger partial charge in [-0.05, 0) is 37.1 Å². The van der Waals surface area contributed by atoms with Crippen molar-refractivity contribution in [2.45, 2.75) is 41.5 Å². The Bertz CT molecular complexity index is 955. The molecule has 1 aliphatic carbocycles. The summed E-state index contributed by atoms with van der Waals surface area (Å²) in [5, 5.41) is 5.95. The summed E-state index contributed by atoms with van der Waals surface area (Å²) in [5.74, 6) is 0.218. The first kappa shape index (κ1) is 21.0. The van der Waals surface area contributed by atoms with Gasteiger partial charge in [0.2, 0.25) is 15.7 Å². The van der Waals surface area contributed by atoms with E-state index in [1.165, 1.54) is 26.4 Å². The summed E-state index contributed by atoms with van der Waals surface area (Å²) in [6.07, 6.45) is 4.20. The maximum Gasteiger partial charge on any atom is 0.239 e. The third-order valence-corrected chi connectivity index (χ3v) is 6.82. The number of anilines is 1. The van der Waals surface area contributed by atoms with Crippen molar-refractivity contribution in [3.8, 4) is 11.5 Å². The Morgan fingerprint density at radius 1 is 1.03 bits per heavy atom. The summed E-state index contributed by atoms with van der Waals surface area (Å²) < 4.78 is 37.4. The van der Waals surface area contributed by atoms with Crippen molar-refractivity contribution < 1.29 is 22.7 Å². The van der Waals surface area contributed by atoms with Crippen LogP contribution in [0.2, 0.25) is 0 Å². The molecule has 0 aromatic heterocycles.